The normalized spacial score (nSPS) is 15.8. The Hall–Kier alpha value is -0.950. The maximum absolute atomic E-state index is 11.3. The van der Waals surface area contributed by atoms with Crippen molar-refractivity contribution in [1.29, 1.82) is 0 Å². The van der Waals surface area contributed by atoms with Crippen molar-refractivity contribution in [2.24, 2.45) is 0 Å². The number of carbonyl (C=O) groups is 2. The number of methoxy groups -OCH3 is 1. The lowest BCUT2D eigenvalue weighted by atomic mass is 10.3. The van der Waals surface area contributed by atoms with Crippen molar-refractivity contribution in [1.82, 2.24) is 10.6 Å². The Labute approximate surface area is 104 Å². The molecule has 0 aromatic carbocycles. The molecule has 0 saturated carbocycles. The van der Waals surface area contributed by atoms with Gasteiger partial charge in [-0.1, -0.05) is 0 Å². The molecule has 0 rings (SSSR count). The maximum atomic E-state index is 11.3. The van der Waals surface area contributed by atoms with Crippen LogP contribution in [0.3, 0.4) is 0 Å². The fourth-order valence-corrected chi connectivity index (χ4v) is 1.48. The average molecular weight is 264 g/mol. The Bertz CT molecular complexity index is 296. The van der Waals surface area contributed by atoms with Crippen molar-refractivity contribution >= 4 is 22.7 Å². The topological polar surface area (TPSA) is 84.5 Å². The van der Waals surface area contributed by atoms with E-state index >= 15 is 0 Å². The first-order valence-corrected chi connectivity index (χ1v) is 6.88. The first-order chi connectivity index (χ1) is 7.88. The summed E-state index contributed by atoms with van der Waals surface area (Å²) in [4.78, 5) is 22.2. The molecule has 100 valence electrons. The van der Waals surface area contributed by atoms with E-state index in [1.165, 1.54) is 14.0 Å². The Kier molecular flexibility index (Phi) is 7.73. The summed E-state index contributed by atoms with van der Waals surface area (Å²) in [5.41, 5.74) is 0. The zero-order valence-electron chi connectivity index (χ0n) is 10.6. The van der Waals surface area contributed by atoms with Crippen LogP contribution in [-0.4, -0.2) is 53.8 Å². The summed E-state index contributed by atoms with van der Waals surface area (Å²) in [6.45, 7) is 3.94. The zero-order valence-corrected chi connectivity index (χ0v) is 11.4. The van der Waals surface area contributed by atoms with Gasteiger partial charge in [0.2, 0.25) is 5.91 Å². The van der Waals surface area contributed by atoms with E-state index in [1.807, 2.05) is 6.92 Å². The largest absolute Gasteiger partial charge is 0.467 e. The van der Waals surface area contributed by atoms with Gasteiger partial charge in [0.25, 0.3) is 0 Å². The number of esters is 1. The third-order valence-corrected chi connectivity index (χ3v) is 3.51. The van der Waals surface area contributed by atoms with Crippen LogP contribution < -0.4 is 10.6 Å². The van der Waals surface area contributed by atoms with Crippen LogP contribution in [0.25, 0.3) is 0 Å². The monoisotopic (exact) mass is 264 g/mol. The van der Waals surface area contributed by atoms with Crippen LogP contribution in [0.4, 0.5) is 0 Å². The van der Waals surface area contributed by atoms with E-state index in [1.54, 1.807) is 6.26 Å². The fourth-order valence-electron chi connectivity index (χ4n) is 1.13. The van der Waals surface area contributed by atoms with Gasteiger partial charge in [0, 0.05) is 42.3 Å². The molecule has 0 aliphatic heterocycles. The van der Waals surface area contributed by atoms with Crippen molar-refractivity contribution in [2.75, 3.05) is 26.5 Å². The highest BCUT2D eigenvalue weighted by Crippen LogP contribution is 1.91. The van der Waals surface area contributed by atoms with Gasteiger partial charge in [0.15, 0.2) is 0 Å². The molecule has 0 fully saturated rings. The molecule has 1 amide bonds. The molecule has 0 saturated heterocycles. The summed E-state index contributed by atoms with van der Waals surface area (Å²) >= 11 is 0. The van der Waals surface area contributed by atoms with Crippen LogP contribution in [0.15, 0.2) is 0 Å². The van der Waals surface area contributed by atoms with Gasteiger partial charge in [-0.15, -0.1) is 0 Å². The van der Waals surface area contributed by atoms with Gasteiger partial charge in [-0.3, -0.25) is 9.00 Å². The first kappa shape index (κ1) is 16.1. The Balaban J connectivity index is 4.12. The molecule has 0 bridgehead atoms. The van der Waals surface area contributed by atoms with Crippen LogP contribution in [-0.2, 0) is 25.1 Å². The van der Waals surface area contributed by atoms with Crippen molar-refractivity contribution in [3.05, 3.63) is 0 Å². The molecule has 0 aliphatic rings. The Morgan fingerprint density at radius 2 is 1.94 bits per heavy atom. The third-order valence-electron chi connectivity index (χ3n) is 2.21. The van der Waals surface area contributed by atoms with Crippen molar-refractivity contribution < 1.29 is 18.5 Å². The second-order valence-electron chi connectivity index (χ2n) is 3.74. The van der Waals surface area contributed by atoms with Crippen molar-refractivity contribution in [2.45, 2.75) is 25.1 Å². The van der Waals surface area contributed by atoms with Crippen LogP contribution >= 0.6 is 0 Å². The first-order valence-electron chi connectivity index (χ1n) is 5.26. The minimum atomic E-state index is -0.914. The summed E-state index contributed by atoms with van der Waals surface area (Å²) in [6.07, 6.45) is 1.62. The lowest BCUT2D eigenvalue weighted by molar-refractivity contribution is -0.144. The predicted molar refractivity (Wildman–Crippen MR) is 66.0 cm³/mol. The number of rotatable bonds is 7. The van der Waals surface area contributed by atoms with Gasteiger partial charge >= 0.3 is 5.97 Å². The lowest BCUT2D eigenvalue weighted by Crippen LogP contribution is -2.48. The van der Waals surface area contributed by atoms with Crippen molar-refractivity contribution in [3.8, 4) is 0 Å². The highest BCUT2D eigenvalue weighted by Gasteiger charge is 2.19. The highest BCUT2D eigenvalue weighted by molar-refractivity contribution is 7.84. The molecule has 2 N–H and O–H groups in total. The number of carbonyl (C=O) groups excluding carboxylic acids is 2. The van der Waals surface area contributed by atoms with Crippen LogP contribution in [0, 0.1) is 0 Å². The summed E-state index contributed by atoms with van der Waals surface area (Å²) in [5, 5.41) is 5.45. The van der Waals surface area contributed by atoms with Crippen LogP contribution in [0.1, 0.15) is 13.8 Å². The van der Waals surface area contributed by atoms with E-state index in [2.05, 4.69) is 15.4 Å². The maximum Gasteiger partial charge on any atom is 0.329 e. The Morgan fingerprint density at radius 3 is 2.35 bits per heavy atom. The molecule has 0 aromatic rings. The zero-order chi connectivity index (χ0) is 13.4. The molecule has 17 heavy (non-hydrogen) atoms. The van der Waals surface area contributed by atoms with E-state index in [0.29, 0.717) is 6.54 Å². The summed E-state index contributed by atoms with van der Waals surface area (Å²) in [7, 11) is 0.350. The SMILES string of the molecule is COC(=O)C(CNCC(C)S(C)=O)NC(C)=O. The lowest BCUT2D eigenvalue weighted by Gasteiger charge is -2.17. The molecule has 6 nitrogen and oxygen atoms in total. The molecule has 0 aliphatic carbocycles. The highest BCUT2D eigenvalue weighted by atomic mass is 32.2. The summed E-state index contributed by atoms with van der Waals surface area (Å²) in [5.74, 6) is -0.799. The van der Waals surface area contributed by atoms with Gasteiger partial charge < -0.3 is 15.4 Å². The second-order valence-corrected chi connectivity index (χ2v) is 5.55. The van der Waals surface area contributed by atoms with Crippen LogP contribution in [0.2, 0.25) is 0 Å². The Morgan fingerprint density at radius 1 is 1.35 bits per heavy atom. The smallest absolute Gasteiger partial charge is 0.329 e. The van der Waals surface area contributed by atoms with E-state index in [-0.39, 0.29) is 17.7 Å². The fraction of sp³-hybridized carbons (Fsp3) is 0.800. The number of hydrogen-bond acceptors (Lipinski definition) is 5. The second kappa shape index (κ2) is 8.19. The van der Waals surface area contributed by atoms with Crippen LogP contribution in [0.5, 0.6) is 0 Å². The molecule has 3 unspecified atom stereocenters. The molecular formula is C10H20N2O4S. The van der Waals surface area contributed by atoms with Gasteiger partial charge in [-0.2, -0.15) is 0 Å². The molecular weight excluding hydrogens is 244 g/mol. The minimum absolute atomic E-state index is 0.00868. The number of amides is 1. The van der Waals surface area contributed by atoms with E-state index in [9.17, 15) is 13.8 Å². The number of nitrogens with one attached hydrogen (secondary N) is 2. The molecule has 7 heteroatoms. The van der Waals surface area contributed by atoms with E-state index < -0.39 is 22.8 Å². The average Bonchev–Trinajstić information content (AvgIpc) is 2.25. The molecule has 0 heterocycles. The quantitative estimate of drug-likeness (QED) is 0.577. The van der Waals surface area contributed by atoms with E-state index in [0.717, 1.165) is 0 Å². The summed E-state index contributed by atoms with van der Waals surface area (Å²) < 4.78 is 15.7. The van der Waals surface area contributed by atoms with Gasteiger partial charge in [0.1, 0.15) is 6.04 Å². The minimum Gasteiger partial charge on any atom is -0.467 e. The van der Waals surface area contributed by atoms with E-state index in [4.69, 9.17) is 0 Å². The molecule has 0 spiro atoms. The molecule has 3 atom stereocenters. The standard InChI is InChI=1S/C10H20N2O4S/c1-7(17(4)15)5-11-6-9(10(14)16-3)12-8(2)13/h7,9,11H,5-6H2,1-4H3,(H,12,13). The number of hydrogen-bond donors (Lipinski definition) is 2. The molecule has 0 radical (unpaired) electrons. The third kappa shape index (κ3) is 7.06. The van der Waals surface area contributed by atoms with Gasteiger partial charge in [0.05, 0.1) is 7.11 Å². The predicted octanol–water partition coefficient (Wildman–Crippen LogP) is -0.979. The summed E-state index contributed by atoms with van der Waals surface area (Å²) in [6, 6.07) is -0.713. The number of ether oxygens (including phenoxy) is 1. The van der Waals surface area contributed by atoms with Crippen molar-refractivity contribution in [3.63, 3.8) is 0 Å². The van der Waals surface area contributed by atoms with Gasteiger partial charge in [-0.25, -0.2) is 4.79 Å². The van der Waals surface area contributed by atoms with Gasteiger partial charge in [-0.05, 0) is 6.92 Å². The molecule has 0 aromatic heterocycles.